The Morgan fingerprint density at radius 2 is 2.31 bits per heavy atom. The van der Waals surface area contributed by atoms with Gasteiger partial charge in [0.15, 0.2) is 0 Å². The molecule has 0 saturated heterocycles. The standard InChI is InChI=1S/C11H15IN2O2/c1-7(2)6-9(11(15)16)14-10-8(12)4-3-5-13-10/h3-5,7,9H,6H2,1-2H3,(H,13,14)(H,15,16)/t9-/m1/s1. The van der Waals surface area contributed by atoms with Gasteiger partial charge in [-0.15, -0.1) is 0 Å². The maximum Gasteiger partial charge on any atom is 0.326 e. The van der Waals surface area contributed by atoms with Crippen LogP contribution in [0, 0.1) is 9.49 Å². The molecule has 0 aliphatic rings. The zero-order valence-corrected chi connectivity index (χ0v) is 11.4. The number of carboxylic acids is 1. The molecule has 0 fully saturated rings. The minimum absolute atomic E-state index is 0.329. The van der Waals surface area contributed by atoms with Crippen molar-refractivity contribution in [1.82, 2.24) is 4.98 Å². The zero-order valence-electron chi connectivity index (χ0n) is 9.27. The molecule has 1 heterocycles. The lowest BCUT2D eigenvalue weighted by atomic mass is 10.0. The topological polar surface area (TPSA) is 62.2 Å². The molecule has 0 unspecified atom stereocenters. The van der Waals surface area contributed by atoms with Crippen molar-refractivity contribution in [3.8, 4) is 0 Å². The molecule has 0 aliphatic heterocycles. The number of hydrogen-bond donors (Lipinski definition) is 2. The summed E-state index contributed by atoms with van der Waals surface area (Å²) in [4.78, 5) is 15.2. The molecule has 1 aromatic rings. The van der Waals surface area contributed by atoms with E-state index >= 15 is 0 Å². The monoisotopic (exact) mass is 334 g/mol. The third-order valence-corrected chi connectivity index (χ3v) is 2.95. The van der Waals surface area contributed by atoms with Gasteiger partial charge in [-0.3, -0.25) is 0 Å². The van der Waals surface area contributed by atoms with Crippen molar-refractivity contribution < 1.29 is 9.90 Å². The number of carboxylic acid groups (broad SMARTS) is 1. The third-order valence-electron chi connectivity index (χ3n) is 2.07. The molecule has 5 heteroatoms. The third kappa shape index (κ3) is 3.96. The van der Waals surface area contributed by atoms with Crippen LogP contribution in [0.4, 0.5) is 5.82 Å². The van der Waals surface area contributed by atoms with Gasteiger partial charge < -0.3 is 10.4 Å². The number of aliphatic carboxylic acids is 1. The summed E-state index contributed by atoms with van der Waals surface area (Å²) in [6, 6.07) is 3.14. The lowest BCUT2D eigenvalue weighted by molar-refractivity contribution is -0.138. The van der Waals surface area contributed by atoms with Gasteiger partial charge in [0.05, 0.1) is 3.57 Å². The Balaban J connectivity index is 2.76. The van der Waals surface area contributed by atoms with E-state index in [1.54, 1.807) is 6.20 Å². The first-order chi connectivity index (χ1) is 7.50. The second-order valence-corrected chi connectivity index (χ2v) is 5.16. The van der Waals surface area contributed by atoms with Gasteiger partial charge in [0, 0.05) is 6.20 Å². The number of halogens is 1. The van der Waals surface area contributed by atoms with Crippen LogP contribution in [0.1, 0.15) is 20.3 Å². The Morgan fingerprint density at radius 1 is 1.62 bits per heavy atom. The molecular formula is C11H15IN2O2. The first-order valence-electron chi connectivity index (χ1n) is 5.10. The fraction of sp³-hybridized carbons (Fsp3) is 0.455. The fourth-order valence-electron chi connectivity index (χ4n) is 1.35. The predicted octanol–water partition coefficient (Wildman–Crippen LogP) is 2.60. The summed E-state index contributed by atoms with van der Waals surface area (Å²) in [6.07, 6.45) is 2.24. The molecule has 0 saturated carbocycles. The molecular weight excluding hydrogens is 319 g/mol. The average molecular weight is 334 g/mol. The second-order valence-electron chi connectivity index (χ2n) is 4.00. The van der Waals surface area contributed by atoms with Crippen molar-refractivity contribution in [3.05, 3.63) is 21.9 Å². The van der Waals surface area contributed by atoms with Crippen LogP contribution in [0.3, 0.4) is 0 Å². The van der Waals surface area contributed by atoms with Crippen molar-refractivity contribution in [3.63, 3.8) is 0 Å². The number of nitrogens with one attached hydrogen (secondary N) is 1. The summed E-state index contributed by atoms with van der Waals surface area (Å²) in [6.45, 7) is 4.00. The molecule has 1 aromatic heterocycles. The van der Waals surface area contributed by atoms with Gasteiger partial charge in [-0.2, -0.15) is 0 Å². The molecule has 0 bridgehead atoms. The minimum atomic E-state index is -0.838. The van der Waals surface area contributed by atoms with Gasteiger partial charge in [0.2, 0.25) is 0 Å². The average Bonchev–Trinajstić information content (AvgIpc) is 2.19. The van der Waals surface area contributed by atoms with E-state index in [9.17, 15) is 4.79 Å². The van der Waals surface area contributed by atoms with Crippen molar-refractivity contribution in [1.29, 1.82) is 0 Å². The molecule has 0 amide bonds. The number of anilines is 1. The van der Waals surface area contributed by atoms with E-state index in [4.69, 9.17) is 5.11 Å². The van der Waals surface area contributed by atoms with Crippen LogP contribution in [0.5, 0.6) is 0 Å². The Hall–Kier alpha value is -0.850. The lowest BCUT2D eigenvalue weighted by Gasteiger charge is -2.17. The second kappa shape index (κ2) is 6.03. The summed E-state index contributed by atoms with van der Waals surface area (Å²) in [7, 11) is 0. The largest absolute Gasteiger partial charge is 0.480 e. The highest BCUT2D eigenvalue weighted by Crippen LogP contribution is 2.17. The van der Waals surface area contributed by atoms with Crippen LogP contribution < -0.4 is 5.32 Å². The van der Waals surface area contributed by atoms with E-state index in [1.807, 2.05) is 26.0 Å². The normalized spacial score (nSPS) is 12.5. The molecule has 0 aliphatic carbocycles. The summed E-state index contributed by atoms with van der Waals surface area (Å²) >= 11 is 2.13. The Kier molecular flexibility index (Phi) is 4.98. The summed E-state index contributed by atoms with van der Waals surface area (Å²) in [5.74, 6) is 0.126. The molecule has 88 valence electrons. The highest BCUT2D eigenvalue weighted by molar-refractivity contribution is 14.1. The summed E-state index contributed by atoms with van der Waals surface area (Å²) in [5.41, 5.74) is 0. The fourth-order valence-corrected chi connectivity index (χ4v) is 1.85. The van der Waals surface area contributed by atoms with E-state index in [0.717, 1.165) is 3.57 Å². The first kappa shape index (κ1) is 13.2. The highest BCUT2D eigenvalue weighted by atomic mass is 127. The van der Waals surface area contributed by atoms with Crippen LogP contribution in [0.15, 0.2) is 18.3 Å². The van der Waals surface area contributed by atoms with Crippen LogP contribution in [0.2, 0.25) is 0 Å². The summed E-state index contributed by atoms with van der Waals surface area (Å²) < 4.78 is 0.926. The van der Waals surface area contributed by atoms with Gasteiger partial charge in [-0.25, -0.2) is 9.78 Å². The predicted molar refractivity (Wildman–Crippen MR) is 71.5 cm³/mol. The Bertz CT molecular complexity index is 369. The molecule has 1 rings (SSSR count). The lowest BCUT2D eigenvalue weighted by Crippen LogP contribution is -2.31. The number of aromatic nitrogens is 1. The Labute approximate surface area is 109 Å². The molecule has 16 heavy (non-hydrogen) atoms. The quantitative estimate of drug-likeness (QED) is 0.813. The van der Waals surface area contributed by atoms with Crippen molar-refractivity contribution in [2.75, 3.05) is 5.32 Å². The smallest absolute Gasteiger partial charge is 0.326 e. The number of rotatable bonds is 5. The van der Waals surface area contributed by atoms with Crippen LogP contribution in [-0.2, 0) is 4.79 Å². The number of nitrogens with zero attached hydrogens (tertiary/aromatic N) is 1. The van der Waals surface area contributed by atoms with Gasteiger partial charge in [-0.1, -0.05) is 13.8 Å². The number of pyridine rings is 1. The van der Waals surface area contributed by atoms with Gasteiger partial charge >= 0.3 is 5.97 Å². The van der Waals surface area contributed by atoms with Gasteiger partial charge in [0.1, 0.15) is 11.9 Å². The molecule has 1 atom stereocenters. The molecule has 0 aromatic carbocycles. The van der Waals surface area contributed by atoms with Crippen molar-refractivity contribution in [2.24, 2.45) is 5.92 Å². The van der Waals surface area contributed by atoms with E-state index in [2.05, 4.69) is 32.9 Å². The van der Waals surface area contributed by atoms with E-state index in [1.165, 1.54) is 0 Å². The molecule has 4 nitrogen and oxygen atoms in total. The SMILES string of the molecule is CC(C)C[C@@H](Nc1ncccc1I)C(=O)O. The first-order valence-corrected chi connectivity index (χ1v) is 6.18. The highest BCUT2D eigenvalue weighted by Gasteiger charge is 2.19. The van der Waals surface area contributed by atoms with E-state index < -0.39 is 12.0 Å². The van der Waals surface area contributed by atoms with Gasteiger partial charge in [0.25, 0.3) is 0 Å². The number of hydrogen-bond acceptors (Lipinski definition) is 3. The molecule has 2 N–H and O–H groups in total. The molecule has 0 spiro atoms. The van der Waals surface area contributed by atoms with E-state index in [-0.39, 0.29) is 0 Å². The van der Waals surface area contributed by atoms with Crippen LogP contribution in [0.25, 0.3) is 0 Å². The maximum atomic E-state index is 11.1. The van der Waals surface area contributed by atoms with Crippen molar-refractivity contribution in [2.45, 2.75) is 26.3 Å². The van der Waals surface area contributed by atoms with E-state index in [0.29, 0.717) is 18.2 Å². The Morgan fingerprint density at radius 3 is 2.81 bits per heavy atom. The van der Waals surface area contributed by atoms with Gasteiger partial charge in [-0.05, 0) is 47.1 Å². The summed E-state index contributed by atoms with van der Waals surface area (Å²) in [5, 5.41) is 12.0. The van der Waals surface area contributed by atoms with Crippen LogP contribution in [-0.4, -0.2) is 22.1 Å². The number of carbonyl (C=O) groups is 1. The minimum Gasteiger partial charge on any atom is -0.480 e. The maximum absolute atomic E-state index is 11.1. The van der Waals surface area contributed by atoms with Crippen molar-refractivity contribution >= 4 is 34.4 Å². The zero-order chi connectivity index (χ0) is 12.1. The molecule has 0 radical (unpaired) electrons. The van der Waals surface area contributed by atoms with Crippen LogP contribution >= 0.6 is 22.6 Å².